The van der Waals surface area contributed by atoms with Crippen molar-refractivity contribution in [1.29, 1.82) is 0 Å². The van der Waals surface area contributed by atoms with Gasteiger partial charge in [-0.05, 0) is 43.5 Å². The van der Waals surface area contributed by atoms with E-state index in [-0.39, 0.29) is 0 Å². The molecule has 0 spiro atoms. The van der Waals surface area contributed by atoms with Gasteiger partial charge in [0, 0.05) is 38.1 Å². The Morgan fingerprint density at radius 3 is 2.90 bits per heavy atom. The van der Waals surface area contributed by atoms with Gasteiger partial charge in [-0.3, -0.25) is 9.67 Å². The Hall–Kier alpha value is -1.68. The van der Waals surface area contributed by atoms with E-state index in [1.165, 1.54) is 5.56 Å². The number of pyridine rings is 1. The maximum absolute atomic E-state index is 4.48. The Morgan fingerprint density at radius 1 is 1.35 bits per heavy atom. The molecule has 0 bridgehead atoms. The van der Waals surface area contributed by atoms with Crippen LogP contribution in [-0.2, 0) is 19.9 Å². The molecule has 0 aliphatic rings. The average molecular weight is 272 g/mol. The van der Waals surface area contributed by atoms with E-state index in [1.807, 2.05) is 36.4 Å². The Morgan fingerprint density at radius 2 is 2.25 bits per heavy atom. The minimum Gasteiger partial charge on any atom is -0.314 e. The maximum Gasteiger partial charge on any atom is 0.0640 e. The summed E-state index contributed by atoms with van der Waals surface area (Å²) in [5.41, 5.74) is 2.46. The zero-order chi connectivity index (χ0) is 14.2. The molecule has 20 heavy (non-hydrogen) atoms. The van der Waals surface area contributed by atoms with E-state index in [1.54, 1.807) is 0 Å². The molecule has 4 nitrogen and oxygen atoms in total. The zero-order valence-corrected chi connectivity index (χ0v) is 12.4. The Bertz CT molecular complexity index is 492. The number of hydrogen-bond acceptors (Lipinski definition) is 3. The van der Waals surface area contributed by atoms with Crippen molar-refractivity contribution in [2.75, 3.05) is 6.54 Å². The lowest BCUT2D eigenvalue weighted by Crippen LogP contribution is -2.32. The van der Waals surface area contributed by atoms with Crippen LogP contribution in [0.4, 0.5) is 0 Å². The lowest BCUT2D eigenvalue weighted by Gasteiger charge is -2.17. The summed E-state index contributed by atoms with van der Waals surface area (Å²) in [6.07, 6.45) is 10.1. The summed E-state index contributed by atoms with van der Waals surface area (Å²) in [7, 11) is 1.97. The third kappa shape index (κ3) is 4.78. The fourth-order valence-corrected chi connectivity index (χ4v) is 2.34. The number of nitrogens with one attached hydrogen (secondary N) is 1. The first-order valence-electron chi connectivity index (χ1n) is 7.38. The van der Waals surface area contributed by atoms with E-state index in [0.29, 0.717) is 6.04 Å². The molecule has 1 unspecified atom stereocenters. The maximum atomic E-state index is 4.48. The second-order valence-corrected chi connectivity index (χ2v) is 5.24. The molecule has 2 aromatic rings. The van der Waals surface area contributed by atoms with Crippen LogP contribution in [0.5, 0.6) is 0 Å². The van der Waals surface area contributed by atoms with Crippen LogP contribution in [0.1, 0.15) is 31.0 Å². The lowest BCUT2D eigenvalue weighted by atomic mass is 10.0. The predicted molar refractivity (Wildman–Crippen MR) is 81.6 cm³/mol. The first-order chi connectivity index (χ1) is 9.78. The average Bonchev–Trinajstić information content (AvgIpc) is 2.88. The van der Waals surface area contributed by atoms with Crippen LogP contribution in [0.25, 0.3) is 0 Å². The third-order valence-corrected chi connectivity index (χ3v) is 3.41. The summed E-state index contributed by atoms with van der Waals surface area (Å²) in [6.45, 7) is 3.26. The van der Waals surface area contributed by atoms with Crippen LogP contribution < -0.4 is 5.32 Å². The monoisotopic (exact) mass is 272 g/mol. The summed E-state index contributed by atoms with van der Waals surface area (Å²) in [4.78, 5) is 4.18. The van der Waals surface area contributed by atoms with Gasteiger partial charge in [0.15, 0.2) is 0 Å². The number of aromatic nitrogens is 3. The lowest BCUT2D eigenvalue weighted by molar-refractivity contribution is 0.471. The number of rotatable bonds is 8. The molecule has 2 aromatic heterocycles. The minimum absolute atomic E-state index is 0.477. The minimum atomic E-state index is 0.477. The summed E-state index contributed by atoms with van der Waals surface area (Å²) < 4.78 is 1.87. The molecule has 2 rings (SSSR count). The highest BCUT2D eigenvalue weighted by Crippen LogP contribution is 2.08. The molecule has 108 valence electrons. The molecule has 0 radical (unpaired) electrons. The van der Waals surface area contributed by atoms with Gasteiger partial charge in [-0.2, -0.15) is 5.10 Å². The van der Waals surface area contributed by atoms with Crippen molar-refractivity contribution in [2.45, 2.75) is 38.6 Å². The summed E-state index contributed by atoms with van der Waals surface area (Å²) in [5, 5.41) is 8.11. The van der Waals surface area contributed by atoms with Crippen LogP contribution in [-0.4, -0.2) is 27.4 Å². The van der Waals surface area contributed by atoms with Gasteiger partial charge in [-0.25, -0.2) is 0 Å². The molecular weight excluding hydrogens is 248 g/mol. The molecule has 4 heteroatoms. The SMILES string of the molecule is CCCNC(CCc1cccnc1)Cc1ccn(C)n1. The number of aryl methyl sites for hydroxylation is 2. The van der Waals surface area contributed by atoms with Gasteiger partial charge < -0.3 is 5.32 Å². The fourth-order valence-electron chi connectivity index (χ4n) is 2.34. The number of hydrogen-bond donors (Lipinski definition) is 1. The quantitative estimate of drug-likeness (QED) is 0.802. The van der Waals surface area contributed by atoms with Crippen LogP contribution in [0.3, 0.4) is 0 Å². The van der Waals surface area contributed by atoms with Gasteiger partial charge >= 0.3 is 0 Å². The van der Waals surface area contributed by atoms with Gasteiger partial charge in [-0.15, -0.1) is 0 Å². The van der Waals surface area contributed by atoms with E-state index in [0.717, 1.165) is 37.9 Å². The van der Waals surface area contributed by atoms with Crippen molar-refractivity contribution in [3.63, 3.8) is 0 Å². The van der Waals surface area contributed by atoms with Crippen molar-refractivity contribution in [3.05, 3.63) is 48.0 Å². The normalized spacial score (nSPS) is 12.5. The molecule has 0 aliphatic carbocycles. The van der Waals surface area contributed by atoms with Crippen LogP contribution in [0.15, 0.2) is 36.8 Å². The van der Waals surface area contributed by atoms with Crippen molar-refractivity contribution in [2.24, 2.45) is 7.05 Å². The summed E-state index contributed by atoms with van der Waals surface area (Å²) in [5.74, 6) is 0. The molecule has 1 atom stereocenters. The Labute approximate surface area is 121 Å². The van der Waals surface area contributed by atoms with Crippen molar-refractivity contribution < 1.29 is 0 Å². The molecule has 2 heterocycles. The van der Waals surface area contributed by atoms with Gasteiger partial charge in [0.05, 0.1) is 5.69 Å². The first-order valence-corrected chi connectivity index (χ1v) is 7.38. The Kier molecular flexibility index (Phi) is 5.74. The second kappa shape index (κ2) is 7.80. The third-order valence-electron chi connectivity index (χ3n) is 3.41. The fraction of sp³-hybridized carbons (Fsp3) is 0.500. The van der Waals surface area contributed by atoms with Crippen LogP contribution in [0, 0.1) is 0 Å². The number of nitrogens with zero attached hydrogens (tertiary/aromatic N) is 3. The molecule has 0 aliphatic heterocycles. The largest absolute Gasteiger partial charge is 0.314 e. The predicted octanol–water partition coefficient (Wildman–Crippen LogP) is 2.36. The molecule has 0 fully saturated rings. The summed E-state index contributed by atoms with van der Waals surface area (Å²) in [6, 6.07) is 6.72. The highest BCUT2D eigenvalue weighted by Gasteiger charge is 2.11. The smallest absolute Gasteiger partial charge is 0.0640 e. The second-order valence-electron chi connectivity index (χ2n) is 5.24. The van der Waals surface area contributed by atoms with Crippen molar-refractivity contribution >= 4 is 0 Å². The first kappa shape index (κ1) is 14.7. The van der Waals surface area contributed by atoms with Gasteiger partial charge in [-0.1, -0.05) is 13.0 Å². The molecular formula is C16H24N4. The standard InChI is InChI=1S/C16H24N4/c1-3-9-18-15(12-16-8-11-20(2)19-16)7-6-14-5-4-10-17-13-14/h4-5,8,10-11,13,15,18H,3,6-7,9,12H2,1-2H3. The molecule has 0 aromatic carbocycles. The molecule has 1 N–H and O–H groups in total. The van der Waals surface area contributed by atoms with Gasteiger partial charge in [0.2, 0.25) is 0 Å². The molecule has 0 amide bonds. The van der Waals surface area contributed by atoms with Gasteiger partial charge in [0.1, 0.15) is 0 Å². The molecule has 0 saturated carbocycles. The highest BCUT2D eigenvalue weighted by molar-refractivity contribution is 5.09. The summed E-state index contributed by atoms with van der Waals surface area (Å²) >= 11 is 0. The van der Waals surface area contributed by atoms with E-state index >= 15 is 0 Å². The van der Waals surface area contributed by atoms with E-state index in [9.17, 15) is 0 Å². The highest BCUT2D eigenvalue weighted by atomic mass is 15.2. The van der Waals surface area contributed by atoms with Crippen LogP contribution >= 0.6 is 0 Å². The molecule has 0 saturated heterocycles. The van der Waals surface area contributed by atoms with E-state index in [4.69, 9.17) is 0 Å². The zero-order valence-electron chi connectivity index (χ0n) is 12.4. The van der Waals surface area contributed by atoms with E-state index in [2.05, 4.69) is 34.5 Å². The Balaban J connectivity index is 1.89. The van der Waals surface area contributed by atoms with E-state index < -0.39 is 0 Å². The van der Waals surface area contributed by atoms with Gasteiger partial charge in [0.25, 0.3) is 0 Å². The van der Waals surface area contributed by atoms with Crippen molar-refractivity contribution in [3.8, 4) is 0 Å². The topological polar surface area (TPSA) is 42.7 Å². The van der Waals surface area contributed by atoms with Crippen LogP contribution in [0.2, 0.25) is 0 Å². The van der Waals surface area contributed by atoms with Crippen molar-refractivity contribution in [1.82, 2.24) is 20.1 Å².